The lowest BCUT2D eigenvalue weighted by Crippen LogP contribution is -2.44. The van der Waals surface area contributed by atoms with Gasteiger partial charge in [-0.05, 0) is 24.6 Å². The molecule has 1 saturated heterocycles. The highest BCUT2D eigenvalue weighted by atomic mass is 32.1. The highest BCUT2D eigenvalue weighted by Crippen LogP contribution is 2.07. The largest absolute Gasteiger partial charge is 0.378 e. The van der Waals surface area contributed by atoms with Crippen molar-refractivity contribution in [1.29, 1.82) is 0 Å². The maximum Gasteiger partial charge on any atom is 0.0935 e. The van der Waals surface area contributed by atoms with Crippen LogP contribution in [0.15, 0.2) is 0 Å². The maximum atomic E-state index is 5.68. The third-order valence-electron chi connectivity index (χ3n) is 2.61. The zero-order chi connectivity index (χ0) is 11.8. The summed E-state index contributed by atoms with van der Waals surface area (Å²) in [4.78, 5) is 2.45. The van der Waals surface area contributed by atoms with Crippen LogP contribution in [-0.4, -0.2) is 56.2 Å². The van der Waals surface area contributed by atoms with E-state index in [9.17, 15) is 0 Å². The van der Waals surface area contributed by atoms with E-state index in [2.05, 4.69) is 31.4 Å². The molecule has 1 aliphatic rings. The summed E-state index contributed by atoms with van der Waals surface area (Å²) in [5.41, 5.74) is 0. The molecule has 16 heavy (non-hydrogen) atoms. The second-order valence-electron chi connectivity index (χ2n) is 4.80. The molecular weight excluding hydrogens is 222 g/mol. The SMILES string of the molecule is CC(C)COC[C@@H]1CN(CCCS)CCO1. The summed E-state index contributed by atoms with van der Waals surface area (Å²) in [7, 11) is 0. The van der Waals surface area contributed by atoms with Crippen molar-refractivity contribution in [3.63, 3.8) is 0 Å². The minimum Gasteiger partial charge on any atom is -0.378 e. The first-order valence-corrected chi connectivity index (χ1v) is 6.88. The van der Waals surface area contributed by atoms with E-state index in [1.165, 1.54) is 0 Å². The van der Waals surface area contributed by atoms with Gasteiger partial charge >= 0.3 is 0 Å². The molecule has 0 aliphatic carbocycles. The zero-order valence-corrected chi connectivity index (χ0v) is 11.4. The number of nitrogens with zero attached hydrogens (tertiary/aromatic N) is 1. The van der Waals surface area contributed by atoms with Gasteiger partial charge in [-0.2, -0.15) is 12.6 Å². The van der Waals surface area contributed by atoms with Crippen LogP contribution in [0.4, 0.5) is 0 Å². The minimum absolute atomic E-state index is 0.257. The molecule has 0 spiro atoms. The first-order chi connectivity index (χ1) is 7.72. The average molecular weight is 247 g/mol. The number of rotatable bonds is 7. The van der Waals surface area contributed by atoms with Crippen LogP contribution in [-0.2, 0) is 9.47 Å². The average Bonchev–Trinajstić information content (AvgIpc) is 2.26. The van der Waals surface area contributed by atoms with E-state index in [0.29, 0.717) is 5.92 Å². The predicted molar refractivity (Wildman–Crippen MR) is 70.3 cm³/mol. The van der Waals surface area contributed by atoms with Crippen molar-refractivity contribution in [2.75, 3.05) is 45.2 Å². The van der Waals surface area contributed by atoms with Gasteiger partial charge in [-0.1, -0.05) is 13.8 Å². The van der Waals surface area contributed by atoms with Crippen molar-refractivity contribution >= 4 is 12.6 Å². The van der Waals surface area contributed by atoms with Crippen LogP contribution >= 0.6 is 12.6 Å². The Balaban J connectivity index is 2.12. The fraction of sp³-hybridized carbons (Fsp3) is 1.00. The first kappa shape index (κ1) is 14.3. The molecule has 0 aromatic carbocycles. The monoisotopic (exact) mass is 247 g/mol. The zero-order valence-electron chi connectivity index (χ0n) is 10.5. The summed E-state index contributed by atoms with van der Waals surface area (Å²) in [5, 5.41) is 0. The molecule has 1 fully saturated rings. The first-order valence-electron chi connectivity index (χ1n) is 6.25. The molecule has 0 radical (unpaired) electrons. The van der Waals surface area contributed by atoms with Gasteiger partial charge in [0.05, 0.1) is 19.3 Å². The molecule has 0 aromatic rings. The Morgan fingerprint density at radius 2 is 2.31 bits per heavy atom. The predicted octanol–water partition coefficient (Wildman–Crippen LogP) is 1.68. The van der Waals surface area contributed by atoms with Crippen LogP contribution in [0.5, 0.6) is 0 Å². The molecule has 0 saturated carbocycles. The molecule has 0 N–H and O–H groups in total. The van der Waals surface area contributed by atoms with E-state index in [1.54, 1.807) is 0 Å². The van der Waals surface area contributed by atoms with Gasteiger partial charge in [0.2, 0.25) is 0 Å². The molecule has 0 unspecified atom stereocenters. The van der Waals surface area contributed by atoms with Gasteiger partial charge < -0.3 is 9.47 Å². The summed E-state index contributed by atoms with van der Waals surface area (Å²) >= 11 is 4.24. The van der Waals surface area contributed by atoms with Gasteiger partial charge in [0, 0.05) is 19.7 Å². The van der Waals surface area contributed by atoms with Crippen LogP contribution in [0, 0.1) is 5.92 Å². The minimum atomic E-state index is 0.257. The topological polar surface area (TPSA) is 21.7 Å². The molecule has 0 bridgehead atoms. The third kappa shape index (κ3) is 6.09. The number of hydrogen-bond acceptors (Lipinski definition) is 4. The molecule has 4 heteroatoms. The second kappa shape index (κ2) is 8.34. The smallest absolute Gasteiger partial charge is 0.0935 e. The lowest BCUT2D eigenvalue weighted by Gasteiger charge is -2.32. The summed E-state index contributed by atoms with van der Waals surface area (Å²) in [6.45, 7) is 9.92. The molecular formula is C12H25NO2S. The van der Waals surface area contributed by atoms with Gasteiger partial charge in [0.15, 0.2) is 0 Å². The highest BCUT2D eigenvalue weighted by Gasteiger charge is 2.19. The van der Waals surface area contributed by atoms with Gasteiger partial charge in [0.1, 0.15) is 0 Å². The van der Waals surface area contributed by atoms with Crippen molar-refractivity contribution in [3.8, 4) is 0 Å². The fourth-order valence-electron chi connectivity index (χ4n) is 1.81. The van der Waals surface area contributed by atoms with Crippen molar-refractivity contribution in [2.24, 2.45) is 5.92 Å². The quantitative estimate of drug-likeness (QED) is 0.692. The van der Waals surface area contributed by atoms with Crippen molar-refractivity contribution < 1.29 is 9.47 Å². The number of hydrogen-bond donors (Lipinski definition) is 1. The molecule has 1 rings (SSSR count). The molecule has 0 amide bonds. The molecule has 1 atom stereocenters. The van der Waals surface area contributed by atoms with E-state index in [1.807, 2.05) is 0 Å². The van der Waals surface area contributed by atoms with Crippen molar-refractivity contribution in [3.05, 3.63) is 0 Å². The second-order valence-corrected chi connectivity index (χ2v) is 5.25. The summed E-state index contributed by atoms with van der Waals surface area (Å²) in [5.74, 6) is 1.56. The van der Waals surface area contributed by atoms with Gasteiger partial charge in [-0.15, -0.1) is 0 Å². The molecule has 3 nitrogen and oxygen atoms in total. The number of ether oxygens (including phenoxy) is 2. The van der Waals surface area contributed by atoms with Gasteiger partial charge in [-0.3, -0.25) is 4.90 Å². The number of thiol groups is 1. The normalized spacial score (nSPS) is 22.9. The summed E-state index contributed by atoms with van der Waals surface area (Å²) < 4.78 is 11.3. The Morgan fingerprint density at radius 3 is 3.00 bits per heavy atom. The van der Waals surface area contributed by atoms with Crippen LogP contribution < -0.4 is 0 Å². The fourth-order valence-corrected chi connectivity index (χ4v) is 1.96. The van der Waals surface area contributed by atoms with E-state index in [0.717, 1.165) is 51.6 Å². The third-order valence-corrected chi connectivity index (χ3v) is 2.93. The molecule has 1 aliphatic heterocycles. The van der Waals surface area contributed by atoms with Crippen LogP contribution in [0.25, 0.3) is 0 Å². The Bertz CT molecular complexity index is 178. The Labute approximate surface area is 105 Å². The van der Waals surface area contributed by atoms with Gasteiger partial charge in [0.25, 0.3) is 0 Å². The van der Waals surface area contributed by atoms with E-state index >= 15 is 0 Å². The summed E-state index contributed by atoms with van der Waals surface area (Å²) in [6.07, 6.45) is 1.41. The van der Waals surface area contributed by atoms with Crippen LogP contribution in [0.3, 0.4) is 0 Å². The van der Waals surface area contributed by atoms with Crippen molar-refractivity contribution in [2.45, 2.75) is 26.4 Å². The highest BCUT2D eigenvalue weighted by molar-refractivity contribution is 7.80. The van der Waals surface area contributed by atoms with E-state index in [-0.39, 0.29) is 6.10 Å². The lowest BCUT2D eigenvalue weighted by atomic mass is 10.2. The lowest BCUT2D eigenvalue weighted by molar-refractivity contribution is -0.0718. The maximum absolute atomic E-state index is 5.68. The summed E-state index contributed by atoms with van der Waals surface area (Å²) in [6, 6.07) is 0. The molecule has 0 aromatic heterocycles. The van der Waals surface area contributed by atoms with Gasteiger partial charge in [-0.25, -0.2) is 0 Å². The number of morpholine rings is 1. The molecule has 1 heterocycles. The van der Waals surface area contributed by atoms with Crippen LogP contribution in [0.1, 0.15) is 20.3 Å². The Kier molecular flexibility index (Phi) is 7.45. The van der Waals surface area contributed by atoms with E-state index < -0.39 is 0 Å². The van der Waals surface area contributed by atoms with Crippen LogP contribution in [0.2, 0.25) is 0 Å². The Hall–Kier alpha value is 0.230. The molecule has 96 valence electrons. The van der Waals surface area contributed by atoms with Crippen molar-refractivity contribution in [1.82, 2.24) is 4.90 Å². The standard InChI is InChI=1S/C12H25NO2S/c1-11(2)9-14-10-12-8-13(4-3-7-16)5-6-15-12/h11-12,16H,3-10H2,1-2H3/t12-/m0/s1. The Morgan fingerprint density at radius 1 is 1.50 bits per heavy atom. The van der Waals surface area contributed by atoms with E-state index in [4.69, 9.17) is 9.47 Å².